The molecular formula is C36H42FN9. The minimum absolute atomic E-state index is 0.328. The van der Waals surface area contributed by atoms with Crippen LogP contribution in [0.1, 0.15) is 38.3 Å². The standard InChI is InChI=1S/C36H42FN9/c1-5-23(19-38-20-24-9-7-8-10-24)15-25(6-2)30-11-12-31-34(41-30)35(45-44-31)36-42-32-22-39-21-29(33(32)43-36)26-16-27(37)18-28(17-26)40-13-14-46(3)4/h5-6,11-12,15-18,21-22,24,38,40H,1,7-10,13-14,19-20H2,2-4H3,(H,42,43)(H,44,45)/b23-15+,25-6+. The zero-order valence-electron chi connectivity index (χ0n) is 26.8. The number of nitrogens with one attached hydrogen (secondary N) is 4. The van der Waals surface area contributed by atoms with Crippen LogP contribution in [0.4, 0.5) is 10.1 Å². The molecule has 1 aliphatic carbocycles. The zero-order valence-corrected chi connectivity index (χ0v) is 26.8. The van der Waals surface area contributed by atoms with E-state index in [1.807, 2.05) is 45.3 Å². The third-order valence-electron chi connectivity index (χ3n) is 8.57. The lowest BCUT2D eigenvalue weighted by atomic mass is 10.1. The SMILES string of the molecule is C=C/C(=C\C(=C/C)c1ccc2[nH]nc(-c3nc4c(-c5cc(F)cc(NCCN(C)C)c5)cncc4[nH]3)c2n1)CNCC1CCCC1. The molecule has 1 aromatic carbocycles. The predicted octanol–water partition coefficient (Wildman–Crippen LogP) is 6.97. The number of fused-ring (bicyclic) bond motifs is 2. The summed E-state index contributed by atoms with van der Waals surface area (Å²) in [5, 5.41) is 14.6. The Morgan fingerprint density at radius 1 is 1.09 bits per heavy atom. The summed E-state index contributed by atoms with van der Waals surface area (Å²) in [5.41, 5.74) is 8.59. The molecule has 0 amide bonds. The molecule has 4 aromatic heterocycles. The van der Waals surface area contributed by atoms with Gasteiger partial charge in [0.1, 0.15) is 11.3 Å². The van der Waals surface area contributed by atoms with Gasteiger partial charge in [-0.05, 0) is 99.4 Å². The van der Waals surface area contributed by atoms with Crippen LogP contribution in [0.15, 0.2) is 73.1 Å². The number of rotatable bonds is 13. The summed E-state index contributed by atoms with van der Waals surface area (Å²) in [6.45, 7) is 9.41. The van der Waals surface area contributed by atoms with Gasteiger partial charge in [-0.3, -0.25) is 10.1 Å². The van der Waals surface area contributed by atoms with Gasteiger partial charge in [-0.1, -0.05) is 31.6 Å². The monoisotopic (exact) mass is 619 g/mol. The first-order valence-corrected chi connectivity index (χ1v) is 16.0. The number of benzene rings is 1. The van der Waals surface area contributed by atoms with Gasteiger partial charge < -0.3 is 20.5 Å². The molecule has 0 spiro atoms. The molecule has 0 atom stereocenters. The quantitative estimate of drug-likeness (QED) is 0.105. The van der Waals surface area contributed by atoms with Crippen molar-refractivity contribution >= 4 is 33.3 Å². The topological polar surface area (TPSA) is 110 Å². The van der Waals surface area contributed by atoms with Crippen molar-refractivity contribution in [1.82, 2.24) is 40.3 Å². The van der Waals surface area contributed by atoms with Crippen LogP contribution in [0.2, 0.25) is 0 Å². The Balaban J connectivity index is 1.28. The Morgan fingerprint density at radius 2 is 1.93 bits per heavy atom. The van der Waals surface area contributed by atoms with Crippen LogP contribution < -0.4 is 10.6 Å². The maximum Gasteiger partial charge on any atom is 0.161 e. The Kier molecular flexibility index (Phi) is 9.65. The van der Waals surface area contributed by atoms with Gasteiger partial charge >= 0.3 is 0 Å². The smallest absolute Gasteiger partial charge is 0.161 e. The molecule has 10 heteroatoms. The number of nitrogens with zero attached hydrogens (tertiary/aromatic N) is 5. The van der Waals surface area contributed by atoms with Crippen LogP contribution in [0.25, 0.3) is 50.3 Å². The molecule has 1 aliphatic rings. The van der Waals surface area contributed by atoms with Crippen molar-refractivity contribution in [1.29, 1.82) is 0 Å². The Morgan fingerprint density at radius 3 is 2.72 bits per heavy atom. The van der Waals surface area contributed by atoms with E-state index in [1.54, 1.807) is 12.4 Å². The van der Waals surface area contributed by atoms with Gasteiger partial charge in [-0.2, -0.15) is 5.10 Å². The van der Waals surface area contributed by atoms with E-state index in [0.29, 0.717) is 40.3 Å². The van der Waals surface area contributed by atoms with Crippen molar-refractivity contribution in [2.45, 2.75) is 32.6 Å². The number of imidazole rings is 1. The molecule has 0 aliphatic heterocycles. The van der Waals surface area contributed by atoms with Gasteiger partial charge in [-0.15, -0.1) is 0 Å². The maximum absolute atomic E-state index is 14.7. The largest absolute Gasteiger partial charge is 0.384 e. The number of anilines is 1. The first kappa shape index (κ1) is 31.3. The molecule has 1 fully saturated rings. The fourth-order valence-electron chi connectivity index (χ4n) is 6.07. The molecule has 238 valence electrons. The fourth-order valence-corrected chi connectivity index (χ4v) is 6.07. The van der Waals surface area contributed by atoms with Gasteiger partial charge in [0, 0.05) is 37.1 Å². The van der Waals surface area contributed by atoms with E-state index in [-0.39, 0.29) is 5.82 Å². The highest BCUT2D eigenvalue weighted by atomic mass is 19.1. The number of hydrogen-bond acceptors (Lipinski definition) is 7. The van der Waals surface area contributed by atoms with Crippen LogP contribution in [0.5, 0.6) is 0 Å². The lowest BCUT2D eigenvalue weighted by Gasteiger charge is -2.12. The summed E-state index contributed by atoms with van der Waals surface area (Å²) in [6, 6.07) is 8.92. The first-order chi connectivity index (χ1) is 22.4. The minimum atomic E-state index is -0.328. The second-order valence-electron chi connectivity index (χ2n) is 12.2. The molecule has 46 heavy (non-hydrogen) atoms. The molecular weight excluding hydrogens is 577 g/mol. The van der Waals surface area contributed by atoms with Gasteiger partial charge in [-0.25, -0.2) is 14.4 Å². The Hall–Kier alpha value is -4.67. The van der Waals surface area contributed by atoms with E-state index in [4.69, 9.17) is 9.97 Å². The molecule has 4 N–H and O–H groups in total. The highest BCUT2D eigenvalue weighted by molar-refractivity contribution is 5.96. The van der Waals surface area contributed by atoms with E-state index in [2.05, 4.69) is 54.4 Å². The highest BCUT2D eigenvalue weighted by Gasteiger charge is 2.18. The third kappa shape index (κ3) is 7.08. The molecule has 0 radical (unpaired) electrons. The summed E-state index contributed by atoms with van der Waals surface area (Å²) in [4.78, 5) is 19.8. The fraction of sp³-hybridized carbons (Fsp3) is 0.333. The molecule has 4 heterocycles. The second kappa shape index (κ2) is 14.2. The molecule has 9 nitrogen and oxygen atoms in total. The van der Waals surface area contributed by atoms with Gasteiger partial charge in [0.15, 0.2) is 11.5 Å². The van der Waals surface area contributed by atoms with E-state index >= 15 is 0 Å². The molecule has 1 saturated carbocycles. The van der Waals surface area contributed by atoms with Crippen LogP contribution >= 0.6 is 0 Å². The van der Waals surface area contributed by atoms with E-state index < -0.39 is 0 Å². The van der Waals surface area contributed by atoms with E-state index in [1.165, 1.54) is 37.8 Å². The van der Waals surface area contributed by atoms with Crippen molar-refractivity contribution in [3.63, 3.8) is 0 Å². The molecule has 0 unspecified atom stereocenters. The number of H-pyrrole nitrogens is 2. The normalized spacial score (nSPS) is 14.6. The van der Waals surface area contributed by atoms with Crippen LogP contribution in [0.3, 0.4) is 0 Å². The van der Waals surface area contributed by atoms with Crippen LogP contribution in [-0.4, -0.2) is 75.3 Å². The van der Waals surface area contributed by atoms with Crippen molar-refractivity contribution in [2.75, 3.05) is 45.6 Å². The summed E-state index contributed by atoms with van der Waals surface area (Å²) < 4.78 is 14.7. The van der Waals surface area contributed by atoms with Crippen molar-refractivity contribution < 1.29 is 4.39 Å². The van der Waals surface area contributed by atoms with E-state index in [0.717, 1.165) is 59.0 Å². The van der Waals surface area contributed by atoms with Gasteiger partial charge in [0.25, 0.3) is 0 Å². The minimum Gasteiger partial charge on any atom is -0.384 e. The van der Waals surface area contributed by atoms with Crippen LogP contribution in [0, 0.1) is 11.7 Å². The summed E-state index contributed by atoms with van der Waals surface area (Å²) in [6.07, 6.45) is 14.9. The number of pyridine rings is 2. The number of aromatic nitrogens is 6. The van der Waals surface area contributed by atoms with Crippen molar-refractivity contribution in [3.8, 4) is 22.6 Å². The zero-order chi connectivity index (χ0) is 32.0. The number of allylic oxidation sites excluding steroid dienone is 3. The van der Waals surface area contributed by atoms with Crippen LogP contribution in [-0.2, 0) is 0 Å². The summed E-state index contributed by atoms with van der Waals surface area (Å²) in [5.74, 6) is 1.01. The van der Waals surface area contributed by atoms with Crippen molar-refractivity contribution in [2.24, 2.45) is 5.92 Å². The number of likely N-dealkylation sites (N-methyl/N-ethyl adjacent to an activating group) is 1. The highest BCUT2D eigenvalue weighted by Crippen LogP contribution is 2.32. The summed E-state index contributed by atoms with van der Waals surface area (Å²) >= 11 is 0. The lowest BCUT2D eigenvalue weighted by molar-refractivity contribution is 0.425. The number of aromatic amines is 2. The average Bonchev–Trinajstić information content (AvgIpc) is 3.81. The molecule has 5 aromatic rings. The van der Waals surface area contributed by atoms with Crippen molar-refractivity contribution in [3.05, 3.63) is 84.6 Å². The van der Waals surface area contributed by atoms with Gasteiger partial charge in [0.2, 0.25) is 0 Å². The number of halogens is 1. The van der Waals surface area contributed by atoms with E-state index in [9.17, 15) is 4.39 Å². The molecule has 0 saturated heterocycles. The maximum atomic E-state index is 14.7. The third-order valence-corrected chi connectivity index (χ3v) is 8.57. The average molecular weight is 620 g/mol. The second-order valence-corrected chi connectivity index (χ2v) is 12.2. The molecule has 0 bridgehead atoms. The van der Waals surface area contributed by atoms with Gasteiger partial charge in [0.05, 0.1) is 28.4 Å². The Bertz CT molecular complexity index is 1890. The first-order valence-electron chi connectivity index (χ1n) is 16.0. The predicted molar refractivity (Wildman–Crippen MR) is 186 cm³/mol. The number of hydrogen-bond donors (Lipinski definition) is 4. The summed E-state index contributed by atoms with van der Waals surface area (Å²) in [7, 11) is 4.01. The lowest BCUT2D eigenvalue weighted by Crippen LogP contribution is -2.23. The molecule has 6 rings (SSSR count). The Labute approximate surface area is 269 Å².